The SMILES string of the molecule is [B][C@H]1CC(O[P@@]([B])(=O)OC[C@H]2O[CH-]CC2OC)[C@@H](CO)O1.[Th]. The third-order valence-corrected chi connectivity index (χ3v) is 4.50. The van der Waals surface area contributed by atoms with E-state index in [1.165, 1.54) is 0 Å². The molecule has 0 saturated carbocycles. The molecule has 0 bridgehead atoms. The molecule has 11 heteroatoms. The van der Waals surface area contributed by atoms with E-state index in [0.717, 1.165) is 0 Å². The van der Waals surface area contributed by atoms with Crippen molar-refractivity contribution in [2.75, 3.05) is 20.3 Å². The predicted octanol–water partition coefficient (Wildman–Crippen LogP) is -0.0937. The Balaban J connectivity index is 0.00000242. The van der Waals surface area contributed by atoms with Crippen LogP contribution in [0, 0.1) is 46.5 Å². The zero-order valence-corrected chi connectivity index (χ0v) is 17.3. The van der Waals surface area contributed by atoms with Gasteiger partial charge in [-0.2, -0.15) is 0 Å². The van der Waals surface area contributed by atoms with Crippen molar-refractivity contribution in [2.24, 2.45) is 0 Å². The molecular weight excluding hydrogens is 529 g/mol. The van der Waals surface area contributed by atoms with Crippen LogP contribution in [0.15, 0.2) is 0 Å². The van der Waals surface area contributed by atoms with Crippen molar-refractivity contribution < 1.29 is 72.9 Å². The maximum absolute atomic E-state index is 12.1. The molecule has 0 aliphatic carbocycles. The molecular formula is C11H18B2O7PTh-. The maximum atomic E-state index is 12.1. The van der Waals surface area contributed by atoms with Gasteiger partial charge in [0.05, 0.1) is 31.5 Å². The summed E-state index contributed by atoms with van der Waals surface area (Å²) in [7, 11) is 8.90. The summed E-state index contributed by atoms with van der Waals surface area (Å²) in [5.74, 6) is 0. The second-order valence-electron chi connectivity index (χ2n) is 4.96. The van der Waals surface area contributed by atoms with Gasteiger partial charge in [-0.15, -0.1) is 6.42 Å². The van der Waals surface area contributed by atoms with E-state index < -0.39 is 25.7 Å². The van der Waals surface area contributed by atoms with Gasteiger partial charge in [-0.05, 0) is 6.42 Å². The van der Waals surface area contributed by atoms with Crippen LogP contribution >= 0.6 is 7.47 Å². The van der Waals surface area contributed by atoms with Gasteiger partial charge in [-0.1, -0.05) is 0 Å². The van der Waals surface area contributed by atoms with Crippen molar-refractivity contribution in [1.29, 1.82) is 0 Å². The van der Waals surface area contributed by atoms with Gasteiger partial charge < -0.3 is 28.4 Å². The summed E-state index contributed by atoms with van der Waals surface area (Å²) in [4.78, 5) is 0. The number of aliphatic hydroxyl groups is 1. The van der Waals surface area contributed by atoms with E-state index in [9.17, 15) is 4.57 Å². The molecule has 22 heavy (non-hydrogen) atoms. The van der Waals surface area contributed by atoms with Gasteiger partial charge in [0.15, 0.2) is 0 Å². The molecule has 1 N–H and O–H groups in total. The topological polar surface area (TPSA) is 83.5 Å². The molecule has 2 rings (SSSR count). The number of aliphatic hydroxyl groups excluding tert-OH is 1. The first-order valence-corrected chi connectivity index (χ1v) is 8.29. The summed E-state index contributed by atoms with van der Waals surface area (Å²) in [5.41, 5.74) is 0. The van der Waals surface area contributed by atoms with Crippen LogP contribution < -0.4 is 0 Å². The molecule has 4 radical (unpaired) electrons. The van der Waals surface area contributed by atoms with Crippen LogP contribution in [-0.4, -0.2) is 71.3 Å². The van der Waals surface area contributed by atoms with Crippen molar-refractivity contribution in [2.45, 2.75) is 43.3 Å². The van der Waals surface area contributed by atoms with Crippen molar-refractivity contribution in [3.05, 3.63) is 6.61 Å². The molecule has 2 heterocycles. The van der Waals surface area contributed by atoms with E-state index in [-0.39, 0.29) is 71.8 Å². The third-order valence-electron chi connectivity index (χ3n) is 3.43. The Labute approximate surface area is 165 Å². The summed E-state index contributed by atoms with van der Waals surface area (Å²) < 4.78 is 38.2. The minimum absolute atomic E-state index is 0. The smallest absolute Gasteiger partial charge is 0.264 e. The summed E-state index contributed by atoms with van der Waals surface area (Å²) in [6.45, 7) is 1.28. The third kappa shape index (κ3) is 6.06. The van der Waals surface area contributed by atoms with Crippen molar-refractivity contribution >= 4 is 22.9 Å². The van der Waals surface area contributed by atoms with Gasteiger partial charge in [0.2, 0.25) is 7.57 Å². The maximum Gasteiger partial charge on any atom is 0.264 e. The molecule has 0 aromatic carbocycles. The van der Waals surface area contributed by atoms with Crippen LogP contribution in [0.25, 0.3) is 0 Å². The Morgan fingerprint density at radius 3 is 2.77 bits per heavy atom. The van der Waals surface area contributed by atoms with E-state index in [1.807, 2.05) is 0 Å². The molecule has 0 amide bonds. The monoisotopic (exact) mass is 547 g/mol. The Morgan fingerprint density at radius 2 is 2.14 bits per heavy atom. The Bertz CT molecular complexity index is 391. The van der Waals surface area contributed by atoms with E-state index in [1.54, 1.807) is 13.7 Å². The number of hydrogen-bond donors (Lipinski definition) is 1. The van der Waals surface area contributed by atoms with Gasteiger partial charge in [0.25, 0.3) is 7.47 Å². The van der Waals surface area contributed by atoms with Crippen LogP contribution in [0.3, 0.4) is 0 Å². The zero-order valence-electron chi connectivity index (χ0n) is 12.3. The summed E-state index contributed by atoms with van der Waals surface area (Å²) in [6, 6.07) is -0.585. The van der Waals surface area contributed by atoms with Gasteiger partial charge in [0.1, 0.15) is 14.0 Å². The quantitative estimate of drug-likeness (QED) is 0.271. The van der Waals surface area contributed by atoms with Crippen molar-refractivity contribution in [3.63, 3.8) is 0 Å². The summed E-state index contributed by atoms with van der Waals surface area (Å²) in [5, 5.41) is 9.15. The largest absolute Gasteiger partial charge is 0.546 e. The van der Waals surface area contributed by atoms with Crippen LogP contribution in [0.1, 0.15) is 12.8 Å². The molecule has 7 nitrogen and oxygen atoms in total. The average Bonchev–Trinajstić information content (AvgIpc) is 3.02. The molecule has 2 aliphatic rings. The van der Waals surface area contributed by atoms with E-state index in [0.29, 0.717) is 6.42 Å². The first kappa shape index (κ1) is 21.5. The molecule has 2 unspecified atom stereocenters. The Kier molecular flexibility index (Phi) is 9.58. The average molecular weight is 547 g/mol. The van der Waals surface area contributed by atoms with E-state index >= 15 is 0 Å². The fourth-order valence-corrected chi connectivity index (χ4v) is 3.34. The van der Waals surface area contributed by atoms with Crippen molar-refractivity contribution in [3.8, 4) is 0 Å². The molecule has 0 aromatic heterocycles. The Morgan fingerprint density at radius 1 is 1.41 bits per heavy atom. The van der Waals surface area contributed by atoms with Crippen molar-refractivity contribution in [1.82, 2.24) is 0 Å². The van der Waals surface area contributed by atoms with Gasteiger partial charge in [-0.3, -0.25) is 4.57 Å². The second-order valence-corrected chi connectivity index (χ2v) is 6.51. The number of hydrogen-bond acceptors (Lipinski definition) is 7. The second kappa shape index (κ2) is 9.81. The van der Waals surface area contributed by atoms with E-state index in [2.05, 4.69) is 0 Å². The molecule has 2 aliphatic heterocycles. The fraction of sp³-hybridized carbons (Fsp3) is 0.909. The molecule has 120 valence electrons. The first-order valence-electron chi connectivity index (χ1n) is 6.68. The van der Waals surface area contributed by atoms with Crippen LogP contribution in [0.2, 0.25) is 0 Å². The minimum Gasteiger partial charge on any atom is -0.546 e. The number of ether oxygens (including phenoxy) is 3. The van der Waals surface area contributed by atoms with Crippen LogP contribution in [-0.2, 0) is 27.8 Å². The molecule has 2 fully saturated rings. The standard InChI is InChI=1S/C11H18B2O7P.Th/c1-16-7-2-3-17-10(7)6-18-21(13,15)20-8-4-11(12)19-9(8)5-14;/h3,7-11,14H,2,4-6H2,1H3;/q-1;/t7?,8?,9-,10-,11-,21+;/m1./s1. The van der Waals surface area contributed by atoms with Gasteiger partial charge in [0, 0.05) is 53.1 Å². The first-order chi connectivity index (χ1) is 9.95. The number of methoxy groups -OCH3 is 1. The fourth-order valence-electron chi connectivity index (χ4n) is 2.32. The summed E-state index contributed by atoms with van der Waals surface area (Å²) in [6.07, 6.45) is -0.981. The van der Waals surface area contributed by atoms with E-state index in [4.69, 9.17) is 43.8 Å². The van der Waals surface area contributed by atoms with Gasteiger partial charge >= 0.3 is 0 Å². The minimum atomic E-state index is -3.80. The normalized spacial score (nSPS) is 37.6. The van der Waals surface area contributed by atoms with Gasteiger partial charge in [-0.25, -0.2) is 6.61 Å². The van der Waals surface area contributed by atoms with Crippen LogP contribution in [0.5, 0.6) is 0 Å². The molecule has 0 spiro atoms. The summed E-state index contributed by atoms with van der Waals surface area (Å²) >= 11 is 0. The number of rotatable bonds is 7. The Hall–Kier alpha value is 1.44. The molecule has 0 aromatic rings. The molecule has 2 saturated heterocycles. The molecule has 6 atom stereocenters. The zero-order chi connectivity index (χ0) is 15.5. The predicted molar refractivity (Wildman–Crippen MR) is 74.9 cm³/mol. The van der Waals surface area contributed by atoms with Crippen LogP contribution in [0.4, 0.5) is 0 Å².